The van der Waals surface area contributed by atoms with Crippen LogP contribution >= 0.6 is 11.8 Å². The standard InChI is InChI=1S/C26H27NO5S/c1-3-9-19-14-20(21(30-2)16-22(19)32-24-12-7-8-13-31-24)15-23-25(28)27(26(29)33-23)17-18-10-5-4-6-11-18/h3-6,10-11,14-16,24H,1,7-9,12-13,17H2,2H3/b23-15-. The third-order valence-electron chi connectivity index (χ3n) is 5.52. The minimum atomic E-state index is -0.308. The van der Waals surface area contributed by atoms with Crippen LogP contribution in [0, 0.1) is 0 Å². The number of methoxy groups -OCH3 is 1. The molecule has 0 saturated carbocycles. The summed E-state index contributed by atoms with van der Waals surface area (Å²) < 4.78 is 17.4. The van der Waals surface area contributed by atoms with Gasteiger partial charge in [0.1, 0.15) is 11.5 Å². The van der Waals surface area contributed by atoms with Gasteiger partial charge in [-0.15, -0.1) is 6.58 Å². The summed E-state index contributed by atoms with van der Waals surface area (Å²) in [6.45, 7) is 4.78. The Morgan fingerprint density at radius 1 is 1.18 bits per heavy atom. The lowest BCUT2D eigenvalue weighted by atomic mass is 10.0. The smallest absolute Gasteiger partial charge is 0.293 e. The molecule has 0 radical (unpaired) electrons. The fourth-order valence-electron chi connectivity index (χ4n) is 3.83. The van der Waals surface area contributed by atoms with Crippen molar-refractivity contribution in [2.45, 2.75) is 38.5 Å². The van der Waals surface area contributed by atoms with E-state index in [1.807, 2.05) is 42.5 Å². The topological polar surface area (TPSA) is 65.1 Å². The first-order chi connectivity index (χ1) is 16.1. The van der Waals surface area contributed by atoms with E-state index in [0.29, 0.717) is 35.0 Å². The summed E-state index contributed by atoms with van der Waals surface area (Å²) in [6, 6.07) is 13.2. The molecule has 6 nitrogen and oxygen atoms in total. The summed E-state index contributed by atoms with van der Waals surface area (Å²) in [5.74, 6) is 0.925. The Kier molecular flexibility index (Phi) is 7.52. The van der Waals surface area contributed by atoms with Crippen molar-refractivity contribution < 1.29 is 23.8 Å². The van der Waals surface area contributed by atoms with E-state index in [9.17, 15) is 9.59 Å². The molecule has 2 saturated heterocycles. The van der Waals surface area contributed by atoms with Gasteiger partial charge < -0.3 is 14.2 Å². The number of rotatable bonds is 8. The van der Waals surface area contributed by atoms with Gasteiger partial charge in [-0.2, -0.15) is 0 Å². The van der Waals surface area contributed by atoms with Crippen molar-refractivity contribution in [3.8, 4) is 11.5 Å². The first kappa shape index (κ1) is 23.1. The maximum Gasteiger partial charge on any atom is 0.293 e. The lowest BCUT2D eigenvalue weighted by Crippen LogP contribution is -2.27. The fraction of sp³-hybridized carbons (Fsp3) is 0.308. The molecule has 2 aromatic carbocycles. The molecule has 4 rings (SSSR count). The number of carbonyl (C=O) groups is 2. The molecular formula is C26H27NO5S. The Balaban J connectivity index is 1.60. The largest absolute Gasteiger partial charge is 0.496 e. The van der Waals surface area contributed by atoms with Crippen LogP contribution in [0.1, 0.15) is 36.0 Å². The highest BCUT2D eigenvalue weighted by Crippen LogP contribution is 2.37. The molecule has 172 valence electrons. The molecule has 7 heteroatoms. The lowest BCUT2D eigenvalue weighted by Gasteiger charge is -2.25. The van der Waals surface area contributed by atoms with Crippen molar-refractivity contribution in [1.29, 1.82) is 0 Å². The van der Waals surface area contributed by atoms with E-state index in [-0.39, 0.29) is 24.0 Å². The first-order valence-corrected chi connectivity index (χ1v) is 11.8. The van der Waals surface area contributed by atoms with Gasteiger partial charge in [0.15, 0.2) is 6.29 Å². The van der Waals surface area contributed by atoms with Gasteiger partial charge in [-0.05, 0) is 54.3 Å². The molecule has 2 amide bonds. The number of imide groups is 1. The summed E-state index contributed by atoms with van der Waals surface area (Å²) in [4.78, 5) is 27.1. The molecule has 2 aliphatic rings. The van der Waals surface area contributed by atoms with E-state index in [1.165, 1.54) is 4.90 Å². The van der Waals surface area contributed by atoms with E-state index in [1.54, 1.807) is 19.3 Å². The van der Waals surface area contributed by atoms with Crippen LogP contribution in [-0.2, 0) is 22.5 Å². The average molecular weight is 466 g/mol. The summed E-state index contributed by atoms with van der Waals surface area (Å²) in [5, 5.41) is -0.283. The molecule has 0 bridgehead atoms. The van der Waals surface area contributed by atoms with Crippen molar-refractivity contribution in [2.24, 2.45) is 0 Å². The summed E-state index contributed by atoms with van der Waals surface area (Å²) in [7, 11) is 1.57. The van der Waals surface area contributed by atoms with Crippen molar-refractivity contribution >= 4 is 29.0 Å². The SMILES string of the molecule is C=CCc1cc(/C=C2\SC(=O)N(Cc3ccccc3)C2=O)c(OC)cc1OC1CCCCO1. The number of amides is 2. The van der Waals surface area contributed by atoms with E-state index in [0.717, 1.165) is 42.2 Å². The molecule has 0 spiro atoms. The number of thioether (sulfide) groups is 1. The Labute approximate surface area is 198 Å². The monoisotopic (exact) mass is 465 g/mol. The second-order valence-corrected chi connectivity index (χ2v) is 8.86. The molecule has 0 N–H and O–H groups in total. The minimum absolute atomic E-state index is 0.246. The zero-order valence-corrected chi connectivity index (χ0v) is 19.4. The molecule has 2 aromatic rings. The first-order valence-electron chi connectivity index (χ1n) is 11.0. The number of nitrogens with zero attached hydrogens (tertiary/aromatic N) is 1. The number of hydrogen-bond acceptors (Lipinski definition) is 6. The van der Waals surface area contributed by atoms with Crippen LogP contribution in [0.25, 0.3) is 6.08 Å². The minimum Gasteiger partial charge on any atom is -0.496 e. The molecule has 1 unspecified atom stereocenters. The van der Waals surface area contributed by atoms with Crippen LogP contribution in [0.5, 0.6) is 11.5 Å². The summed E-state index contributed by atoms with van der Waals surface area (Å²) in [5.41, 5.74) is 2.52. The van der Waals surface area contributed by atoms with Gasteiger partial charge in [-0.25, -0.2) is 0 Å². The van der Waals surface area contributed by atoms with Crippen LogP contribution in [-0.4, -0.2) is 36.1 Å². The maximum absolute atomic E-state index is 13.0. The number of ether oxygens (including phenoxy) is 3. The molecule has 33 heavy (non-hydrogen) atoms. The van der Waals surface area contributed by atoms with Crippen molar-refractivity contribution in [1.82, 2.24) is 4.90 Å². The zero-order chi connectivity index (χ0) is 23.2. The lowest BCUT2D eigenvalue weighted by molar-refractivity contribution is -0.123. The Morgan fingerprint density at radius 2 is 2.00 bits per heavy atom. The molecule has 2 heterocycles. The molecule has 0 aliphatic carbocycles. The van der Waals surface area contributed by atoms with Gasteiger partial charge in [-0.1, -0.05) is 36.4 Å². The van der Waals surface area contributed by atoms with Gasteiger partial charge in [0.2, 0.25) is 0 Å². The van der Waals surface area contributed by atoms with Gasteiger partial charge in [0.05, 0.1) is 25.2 Å². The second-order valence-electron chi connectivity index (χ2n) is 7.86. The molecular weight excluding hydrogens is 438 g/mol. The van der Waals surface area contributed by atoms with Crippen LogP contribution in [0.4, 0.5) is 4.79 Å². The van der Waals surface area contributed by atoms with Crippen LogP contribution in [0.2, 0.25) is 0 Å². The number of benzene rings is 2. The van der Waals surface area contributed by atoms with Gasteiger partial charge in [0.25, 0.3) is 11.1 Å². The van der Waals surface area contributed by atoms with Crippen molar-refractivity contribution in [2.75, 3.05) is 13.7 Å². The predicted molar refractivity (Wildman–Crippen MR) is 129 cm³/mol. The molecule has 0 aromatic heterocycles. The summed E-state index contributed by atoms with van der Waals surface area (Å²) >= 11 is 0.939. The second kappa shape index (κ2) is 10.7. The van der Waals surface area contributed by atoms with Crippen LogP contribution in [0.15, 0.2) is 60.0 Å². The van der Waals surface area contributed by atoms with E-state index in [2.05, 4.69) is 6.58 Å². The summed E-state index contributed by atoms with van der Waals surface area (Å²) in [6.07, 6.45) is 6.76. The fourth-order valence-corrected chi connectivity index (χ4v) is 4.66. The Hall–Kier alpha value is -3.03. The van der Waals surface area contributed by atoms with E-state index < -0.39 is 0 Å². The van der Waals surface area contributed by atoms with Crippen molar-refractivity contribution in [3.05, 3.63) is 76.7 Å². The van der Waals surface area contributed by atoms with Gasteiger partial charge in [-0.3, -0.25) is 14.5 Å². The van der Waals surface area contributed by atoms with Crippen molar-refractivity contribution in [3.63, 3.8) is 0 Å². The van der Waals surface area contributed by atoms with Crippen LogP contribution in [0.3, 0.4) is 0 Å². The van der Waals surface area contributed by atoms with Gasteiger partial charge >= 0.3 is 0 Å². The highest BCUT2D eigenvalue weighted by molar-refractivity contribution is 8.18. The highest BCUT2D eigenvalue weighted by atomic mass is 32.2. The normalized spacial score (nSPS) is 19.7. The van der Waals surface area contributed by atoms with Crippen LogP contribution < -0.4 is 9.47 Å². The molecule has 2 fully saturated rings. The third kappa shape index (κ3) is 5.49. The highest BCUT2D eigenvalue weighted by Gasteiger charge is 2.35. The quantitative estimate of drug-likeness (QED) is 0.375. The predicted octanol–water partition coefficient (Wildman–Crippen LogP) is 5.57. The number of allylic oxidation sites excluding steroid dienone is 1. The average Bonchev–Trinajstić information content (AvgIpc) is 3.09. The zero-order valence-electron chi connectivity index (χ0n) is 18.6. The Morgan fingerprint density at radius 3 is 2.70 bits per heavy atom. The number of hydrogen-bond donors (Lipinski definition) is 0. The maximum atomic E-state index is 13.0. The van der Waals surface area contributed by atoms with Gasteiger partial charge in [0, 0.05) is 18.1 Å². The third-order valence-corrected chi connectivity index (χ3v) is 6.42. The Bertz CT molecular complexity index is 1060. The molecule has 1 atom stereocenters. The molecule has 2 aliphatic heterocycles. The van der Waals surface area contributed by atoms with E-state index >= 15 is 0 Å². The van der Waals surface area contributed by atoms with E-state index in [4.69, 9.17) is 14.2 Å². The number of carbonyl (C=O) groups excluding carboxylic acids is 2.